The number of carbonyl (C=O) groups excluding carboxylic acids is 3. The number of hydrazine groups is 1. The molecule has 9 heteroatoms. The Hall–Kier alpha value is -4.04. The van der Waals surface area contributed by atoms with Gasteiger partial charge in [-0.05, 0) is 66.7 Å². The molecule has 0 bridgehead atoms. The van der Waals surface area contributed by atoms with Crippen LogP contribution in [0.15, 0.2) is 66.7 Å². The Morgan fingerprint density at radius 2 is 1.33 bits per heavy atom. The molecule has 8 nitrogen and oxygen atoms in total. The van der Waals surface area contributed by atoms with Crippen molar-refractivity contribution in [3.05, 3.63) is 88.4 Å². The van der Waals surface area contributed by atoms with Crippen molar-refractivity contribution >= 4 is 29.3 Å². The zero-order valence-electron chi connectivity index (χ0n) is 15.4. The lowest BCUT2D eigenvalue weighted by Gasteiger charge is -2.10. The molecule has 152 valence electrons. The number of nitrogens with one attached hydrogen (secondary N) is 2. The molecule has 3 rings (SSSR count). The van der Waals surface area contributed by atoms with Gasteiger partial charge < -0.3 is 15.6 Å². The largest absolute Gasteiger partial charge is 0.507 e. The van der Waals surface area contributed by atoms with Crippen LogP contribution in [-0.4, -0.2) is 22.8 Å². The van der Waals surface area contributed by atoms with Crippen LogP contribution in [0.4, 0.5) is 0 Å². The van der Waals surface area contributed by atoms with Crippen LogP contribution in [0.3, 0.4) is 0 Å². The number of phenols is 1. The van der Waals surface area contributed by atoms with Gasteiger partial charge in [-0.3, -0.25) is 25.2 Å². The molecular formula is C21H16ClN3O5. The number of amides is 3. The molecule has 30 heavy (non-hydrogen) atoms. The minimum absolute atomic E-state index is 0.0751. The van der Waals surface area contributed by atoms with Gasteiger partial charge in [-0.15, -0.1) is 0 Å². The van der Waals surface area contributed by atoms with E-state index in [0.29, 0.717) is 17.1 Å². The minimum atomic E-state index is -0.720. The van der Waals surface area contributed by atoms with E-state index in [9.17, 15) is 19.5 Å². The summed E-state index contributed by atoms with van der Waals surface area (Å²) in [7, 11) is 0. The number of primary amides is 1. The molecule has 0 unspecified atom stereocenters. The smallest absolute Gasteiger partial charge is 0.273 e. The van der Waals surface area contributed by atoms with Gasteiger partial charge in [-0.1, -0.05) is 11.6 Å². The van der Waals surface area contributed by atoms with Crippen molar-refractivity contribution in [1.29, 1.82) is 0 Å². The van der Waals surface area contributed by atoms with E-state index in [4.69, 9.17) is 22.1 Å². The molecule has 3 aromatic carbocycles. The fourth-order valence-corrected chi connectivity index (χ4v) is 2.61. The second-order valence-corrected chi connectivity index (χ2v) is 6.52. The first kappa shape index (κ1) is 20.7. The van der Waals surface area contributed by atoms with Crippen LogP contribution in [0, 0.1) is 0 Å². The van der Waals surface area contributed by atoms with E-state index in [1.54, 1.807) is 36.4 Å². The van der Waals surface area contributed by atoms with E-state index in [-0.39, 0.29) is 21.9 Å². The van der Waals surface area contributed by atoms with Gasteiger partial charge in [0.2, 0.25) is 5.91 Å². The first-order chi connectivity index (χ1) is 14.3. The Balaban J connectivity index is 1.58. The van der Waals surface area contributed by atoms with Crippen molar-refractivity contribution < 1.29 is 24.2 Å². The third-order valence-electron chi connectivity index (χ3n) is 3.98. The van der Waals surface area contributed by atoms with Crippen molar-refractivity contribution in [3.8, 4) is 17.2 Å². The molecule has 0 atom stereocenters. The third kappa shape index (κ3) is 5.06. The Labute approximate surface area is 176 Å². The van der Waals surface area contributed by atoms with Crippen LogP contribution in [0.1, 0.15) is 31.1 Å². The van der Waals surface area contributed by atoms with Crippen molar-refractivity contribution in [2.24, 2.45) is 5.73 Å². The highest BCUT2D eigenvalue weighted by atomic mass is 35.5. The van der Waals surface area contributed by atoms with Crippen LogP contribution in [0.2, 0.25) is 5.02 Å². The average molecular weight is 426 g/mol. The van der Waals surface area contributed by atoms with Gasteiger partial charge in [0.05, 0.1) is 5.56 Å². The summed E-state index contributed by atoms with van der Waals surface area (Å²) < 4.78 is 5.63. The second-order valence-electron chi connectivity index (χ2n) is 6.08. The number of carbonyl (C=O) groups is 3. The molecule has 0 radical (unpaired) electrons. The van der Waals surface area contributed by atoms with Gasteiger partial charge in [0.1, 0.15) is 17.2 Å². The normalized spacial score (nSPS) is 10.2. The Morgan fingerprint density at radius 3 is 1.90 bits per heavy atom. The van der Waals surface area contributed by atoms with E-state index in [1.807, 2.05) is 0 Å². The molecule has 0 aliphatic carbocycles. The van der Waals surface area contributed by atoms with Gasteiger partial charge in [0.25, 0.3) is 11.8 Å². The molecule has 0 saturated heterocycles. The van der Waals surface area contributed by atoms with Gasteiger partial charge in [-0.2, -0.15) is 0 Å². The minimum Gasteiger partial charge on any atom is -0.507 e. The molecule has 5 N–H and O–H groups in total. The summed E-state index contributed by atoms with van der Waals surface area (Å²) in [4.78, 5) is 35.4. The number of aromatic hydroxyl groups is 1. The molecule has 0 heterocycles. The predicted molar refractivity (Wildman–Crippen MR) is 110 cm³/mol. The number of hydrogen-bond acceptors (Lipinski definition) is 5. The molecule has 0 saturated carbocycles. The number of phenolic OH excluding ortho intramolecular Hbond substituents is 1. The maximum Gasteiger partial charge on any atom is 0.273 e. The molecule has 0 spiro atoms. The first-order valence-electron chi connectivity index (χ1n) is 8.60. The van der Waals surface area contributed by atoms with E-state index < -0.39 is 17.7 Å². The van der Waals surface area contributed by atoms with Crippen molar-refractivity contribution in [2.45, 2.75) is 0 Å². The van der Waals surface area contributed by atoms with E-state index in [1.165, 1.54) is 30.3 Å². The van der Waals surface area contributed by atoms with Crippen LogP contribution < -0.4 is 21.3 Å². The summed E-state index contributed by atoms with van der Waals surface area (Å²) >= 11 is 5.80. The van der Waals surface area contributed by atoms with Crippen molar-refractivity contribution in [3.63, 3.8) is 0 Å². The van der Waals surface area contributed by atoms with Crippen molar-refractivity contribution in [2.75, 3.05) is 0 Å². The number of nitrogens with two attached hydrogens (primary N) is 1. The maximum atomic E-state index is 12.2. The fraction of sp³-hybridized carbons (Fsp3) is 0. The van der Waals surface area contributed by atoms with E-state index in [0.717, 1.165) is 0 Å². The third-order valence-corrected chi connectivity index (χ3v) is 4.22. The summed E-state index contributed by atoms with van der Waals surface area (Å²) in [6.45, 7) is 0. The Kier molecular flexibility index (Phi) is 6.19. The number of halogens is 1. The highest BCUT2D eigenvalue weighted by Crippen LogP contribution is 2.23. The highest BCUT2D eigenvalue weighted by Gasteiger charge is 2.13. The standard InChI is InChI=1S/C21H16ClN3O5/c22-14-5-10-18(26)17(11-14)21(29)25-24-20(28)13-3-8-16(9-4-13)30-15-6-1-12(2-7-15)19(23)27/h1-11,26H,(H2,23,27)(H,24,28)(H,25,29). The lowest BCUT2D eigenvalue weighted by molar-refractivity contribution is 0.0845. The quantitative estimate of drug-likeness (QED) is 0.467. The van der Waals surface area contributed by atoms with Gasteiger partial charge in [0, 0.05) is 16.1 Å². The SMILES string of the molecule is NC(=O)c1ccc(Oc2ccc(C(=O)NNC(=O)c3cc(Cl)ccc3O)cc2)cc1. The number of benzene rings is 3. The van der Waals surface area contributed by atoms with E-state index in [2.05, 4.69) is 10.9 Å². The Bertz CT molecular complexity index is 1100. The predicted octanol–water partition coefficient (Wildman–Crippen LogP) is 3.01. The number of rotatable bonds is 5. The van der Waals surface area contributed by atoms with Crippen LogP contribution in [-0.2, 0) is 0 Å². The Morgan fingerprint density at radius 1 is 0.800 bits per heavy atom. The summed E-state index contributed by atoms with van der Waals surface area (Å²) in [6, 6.07) is 16.4. The molecule has 0 aliphatic heterocycles. The summed E-state index contributed by atoms with van der Waals surface area (Å²) in [5, 5.41) is 9.98. The number of ether oxygens (including phenoxy) is 1. The van der Waals surface area contributed by atoms with Crippen LogP contribution in [0.25, 0.3) is 0 Å². The van der Waals surface area contributed by atoms with Crippen molar-refractivity contribution in [1.82, 2.24) is 10.9 Å². The van der Waals surface area contributed by atoms with Gasteiger partial charge >= 0.3 is 0 Å². The maximum absolute atomic E-state index is 12.2. The molecule has 0 aromatic heterocycles. The number of hydrogen-bond donors (Lipinski definition) is 4. The first-order valence-corrected chi connectivity index (χ1v) is 8.98. The summed E-state index contributed by atoms with van der Waals surface area (Å²) in [5.41, 5.74) is 10.2. The van der Waals surface area contributed by atoms with Crippen LogP contribution in [0.5, 0.6) is 17.2 Å². The molecule has 0 fully saturated rings. The summed E-state index contributed by atoms with van der Waals surface area (Å²) in [6.07, 6.45) is 0. The zero-order chi connectivity index (χ0) is 21.7. The molecule has 0 aliphatic rings. The van der Waals surface area contributed by atoms with E-state index >= 15 is 0 Å². The van der Waals surface area contributed by atoms with Crippen LogP contribution >= 0.6 is 11.6 Å². The topological polar surface area (TPSA) is 131 Å². The lowest BCUT2D eigenvalue weighted by atomic mass is 10.2. The van der Waals surface area contributed by atoms with Gasteiger partial charge in [0.15, 0.2) is 0 Å². The average Bonchev–Trinajstić information content (AvgIpc) is 2.74. The molecule has 3 amide bonds. The fourth-order valence-electron chi connectivity index (χ4n) is 2.44. The molecule has 3 aromatic rings. The second kappa shape index (κ2) is 8.97. The monoisotopic (exact) mass is 425 g/mol. The lowest BCUT2D eigenvalue weighted by Crippen LogP contribution is -2.41. The van der Waals surface area contributed by atoms with Gasteiger partial charge in [-0.25, -0.2) is 0 Å². The summed E-state index contributed by atoms with van der Waals surface area (Å²) in [5.74, 6) is -1.13. The molecular weight excluding hydrogens is 410 g/mol. The zero-order valence-corrected chi connectivity index (χ0v) is 16.1. The highest BCUT2D eigenvalue weighted by molar-refractivity contribution is 6.31.